The number of fused-ring (bicyclic) bond motifs is 1. The molecule has 0 aromatic heterocycles. The second kappa shape index (κ2) is 4.30. The van der Waals surface area contributed by atoms with Gasteiger partial charge in [0.05, 0.1) is 6.10 Å². The molecule has 0 saturated heterocycles. The Balaban J connectivity index is 2.45. The number of aliphatic hydroxyl groups excluding tert-OH is 1. The molecule has 3 heteroatoms. The summed E-state index contributed by atoms with van der Waals surface area (Å²) in [4.78, 5) is 11.2. The molecule has 0 aromatic carbocycles. The minimum absolute atomic E-state index is 0.0584. The van der Waals surface area contributed by atoms with E-state index < -0.39 is 5.97 Å². The summed E-state index contributed by atoms with van der Waals surface area (Å²) in [5.41, 5.74) is 1.23. The van der Waals surface area contributed by atoms with Crippen LogP contribution >= 0.6 is 0 Å². The Morgan fingerprint density at radius 2 is 2.18 bits per heavy atom. The molecule has 94 valence electrons. The van der Waals surface area contributed by atoms with Crippen molar-refractivity contribution in [2.45, 2.75) is 45.6 Å². The van der Waals surface area contributed by atoms with Gasteiger partial charge in [-0.25, -0.2) is 4.79 Å². The maximum Gasteiger partial charge on any atom is 0.331 e. The predicted molar refractivity (Wildman–Crippen MR) is 65.5 cm³/mol. The van der Waals surface area contributed by atoms with Crippen LogP contribution in [0, 0.1) is 11.3 Å². The Hall–Kier alpha value is -1.09. The number of aliphatic carboxylic acids is 1. The van der Waals surface area contributed by atoms with E-state index in [0.717, 1.165) is 31.3 Å². The van der Waals surface area contributed by atoms with Gasteiger partial charge in [0.1, 0.15) is 0 Å². The highest BCUT2D eigenvalue weighted by atomic mass is 16.4. The second-order valence-corrected chi connectivity index (χ2v) is 5.51. The molecule has 0 fully saturated rings. The molecule has 0 radical (unpaired) electrons. The first-order valence-corrected chi connectivity index (χ1v) is 6.28. The van der Waals surface area contributed by atoms with Crippen molar-refractivity contribution in [3.8, 4) is 0 Å². The SMILES string of the molecule is CC1CCC2(C)C(=CCCC2O)C=C1C(=O)O. The lowest BCUT2D eigenvalue weighted by Crippen LogP contribution is -2.35. The topological polar surface area (TPSA) is 57.5 Å². The zero-order valence-electron chi connectivity index (χ0n) is 10.4. The van der Waals surface area contributed by atoms with Crippen LogP contribution < -0.4 is 0 Å². The molecule has 17 heavy (non-hydrogen) atoms. The van der Waals surface area contributed by atoms with E-state index in [-0.39, 0.29) is 17.4 Å². The van der Waals surface area contributed by atoms with Gasteiger partial charge in [0.25, 0.3) is 0 Å². The van der Waals surface area contributed by atoms with Gasteiger partial charge in [-0.3, -0.25) is 0 Å². The van der Waals surface area contributed by atoms with Gasteiger partial charge in [0.2, 0.25) is 0 Å². The summed E-state index contributed by atoms with van der Waals surface area (Å²) in [6.45, 7) is 4.00. The molecule has 3 atom stereocenters. The summed E-state index contributed by atoms with van der Waals surface area (Å²) in [7, 11) is 0. The highest BCUT2D eigenvalue weighted by molar-refractivity contribution is 5.88. The van der Waals surface area contributed by atoms with Crippen LogP contribution in [-0.2, 0) is 4.79 Å². The quantitative estimate of drug-likeness (QED) is 0.735. The lowest BCUT2D eigenvalue weighted by Gasteiger charge is -2.38. The molecule has 3 nitrogen and oxygen atoms in total. The van der Waals surface area contributed by atoms with Gasteiger partial charge in [-0.15, -0.1) is 0 Å². The molecule has 0 saturated carbocycles. The lowest BCUT2D eigenvalue weighted by molar-refractivity contribution is -0.133. The van der Waals surface area contributed by atoms with Crippen LogP contribution in [0.4, 0.5) is 0 Å². The zero-order valence-corrected chi connectivity index (χ0v) is 10.4. The molecule has 3 unspecified atom stereocenters. The van der Waals surface area contributed by atoms with Crippen LogP contribution in [0.5, 0.6) is 0 Å². The Morgan fingerprint density at radius 1 is 1.47 bits per heavy atom. The van der Waals surface area contributed by atoms with Crippen LogP contribution in [-0.4, -0.2) is 22.3 Å². The van der Waals surface area contributed by atoms with Crippen molar-refractivity contribution in [1.82, 2.24) is 0 Å². The van der Waals surface area contributed by atoms with E-state index in [0.29, 0.717) is 5.57 Å². The number of carboxylic acid groups (broad SMARTS) is 1. The Kier molecular flexibility index (Phi) is 3.13. The summed E-state index contributed by atoms with van der Waals surface area (Å²) in [5.74, 6) is -0.772. The van der Waals surface area contributed by atoms with Crippen molar-refractivity contribution in [2.75, 3.05) is 0 Å². The third-order valence-electron chi connectivity index (χ3n) is 4.38. The number of hydrogen-bond donors (Lipinski definition) is 2. The molecular weight excluding hydrogens is 216 g/mol. The number of aliphatic hydroxyl groups is 1. The molecule has 0 amide bonds. The van der Waals surface area contributed by atoms with Crippen LogP contribution in [0.1, 0.15) is 39.5 Å². The molecule has 0 spiro atoms. The van der Waals surface area contributed by atoms with Crippen molar-refractivity contribution in [1.29, 1.82) is 0 Å². The van der Waals surface area contributed by atoms with Crippen LogP contribution in [0.2, 0.25) is 0 Å². The molecule has 0 aliphatic heterocycles. The lowest BCUT2D eigenvalue weighted by atomic mass is 9.69. The van der Waals surface area contributed by atoms with Gasteiger partial charge in [-0.1, -0.05) is 19.9 Å². The molecule has 0 bridgehead atoms. The van der Waals surface area contributed by atoms with Crippen molar-refractivity contribution in [3.63, 3.8) is 0 Å². The summed E-state index contributed by atoms with van der Waals surface area (Å²) >= 11 is 0. The standard InChI is InChI=1S/C14H20O3/c1-9-6-7-14(2)10(4-3-5-12(14)15)8-11(9)13(16)17/h4,8-9,12,15H,3,5-7H2,1-2H3,(H,16,17). The number of carbonyl (C=O) groups is 1. The van der Waals surface area contributed by atoms with E-state index >= 15 is 0 Å². The van der Waals surface area contributed by atoms with Crippen molar-refractivity contribution in [3.05, 3.63) is 23.3 Å². The Bertz CT molecular complexity index is 394. The minimum atomic E-state index is -0.831. The van der Waals surface area contributed by atoms with Crippen molar-refractivity contribution >= 4 is 5.97 Å². The first-order valence-electron chi connectivity index (χ1n) is 6.28. The van der Waals surface area contributed by atoms with Gasteiger partial charge in [0, 0.05) is 11.0 Å². The van der Waals surface area contributed by atoms with Crippen LogP contribution in [0.3, 0.4) is 0 Å². The van der Waals surface area contributed by atoms with E-state index in [2.05, 4.69) is 13.0 Å². The normalized spacial score (nSPS) is 37.6. The zero-order chi connectivity index (χ0) is 12.6. The highest BCUT2D eigenvalue weighted by Crippen LogP contribution is 2.46. The molecule has 2 aliphatic rings. The fraction of sp³-hybridized carbons (Fsp3) is 0.643. The highest BCUT2D eigenvalue weighted by Gasteiger charge is 2.40. The van der Waals surface area contributed by atoms with Crippen LogP contribution in [0.15, 0.2) is 23.3 Å². The molecule has 0 heterocycles. The van der Waals surface area contributed by atoms with Crippen LogP contribution in [0.25, 0.3) is 0 Å². The first kappa shape index (κ1) is 12.4. The van der Waals surface area contributed by atoms with E-state index in [1.807, 2.05) is 6.92 Å². The van der Waals surface area contributed by atoms with E-state index in [9.17, 15) is 15.0 Å². The predicted octanol–water partition coefficient (Wildman–Crippen LogP) is 2.51. The fourth-order valence-electron chi connectivity index (χ4n) is 2.93. The number of hydrogen-bond acceptors (Lipinski definition) is 2. The molecule has 2 N–H and O–H groups in total. The molecule has 2 aliphatic carbocycles. The Labute approximate surface area is 102 Å². The van der Waals surface area contributed by atoms with E-state index in [1.165, 1.54) is 0 Å². The summed E-state index contributed by atoms with van der Waals surface area (Å²) < 4.78 is 0. The van der Waals surface area contributed by atoms with Gasteiger partial charge in [-0.05, 0) is 43.3 Å². The maximum absolute atomic E-state index is 11.2. The first-order chi connectivity index (χ1) is 7.95. The molecule has 0 aromatic rings. The van der Waals surface area contributed by atoms with Gasteiger partial charge >= 0.3 is 5.97 Å². The molecule has 2 rings (SSSR count). The number of allylic oxidation sites excluding steroid dienone is 2. The monoisotopic (exact) mass is 236 g/mol. The van der Waals surface area contributed by atoms with E-state index in [1.54, 1.807) is 6.08 Å². The summed E-state index contributed by atoms with van der Waals surface area (Å²) in [6.07, 6.45) is 6.83. The largest absolute Gasteiger partial charge is 0.478 e. The third kappa shape index (κ3) is 2.04. The van der Waals surface area contributed by atoms with Gasteiger partial charge in [0.15, 0.2) is 0 Å². The maximum atomic E-state index is 11.2. The van der Waals surface area contributed by atoms with Gasteiger partial charge < -0.3 is 10.2 Å². The molecular formula is C14H20O3. The average Bonchev–Trinajstić information content (AvgIpc) is 2.40. The van der Waals surface area contributed by atoms with E-state index in [4.69, 9.17) is 0 Å². The average molecular weight is 236 g/mol. The summed E-state index contributed by atoms with van der Waals surface area (Å²) in [6, 6.07) is 0. The van der Waals surface area contributed by atoms with Crippen molar-refractivity contribution < 1.29 is 15.0 Å². The fourth-order valence-corrected chi connectivity index (χ4v) is 2.93. The minimum Gasteiger partial charge on any atom is -0.478 e. The van der Waals surface area contributed by atoms with Gasteiger partial charge in [-0.2, -0.15) is 0 Å². The number of carboxylic acids is 1. The Morgan fingerprint density at radius 3 is 2.82 bits per heavy atom. The third-order valence-corrected chi connectivity index (χ3v) is 4.38. The smallest absolute Gasteiger partial charge is 0.331 e. The van der Waals surface area contributed by atoms with Crippen molar-refractivity contribution in [2.24, 2.45) is 11.3 Å². The second-order valence-electron chi connectivity index (χ2n) is 5.51. The summed E-state index contributed by atoms with van der Waals surface area (Å²) in [5, 5.41) is 19.4. The number of rotatable bonds is 1.